The predicted octanol–water partition coefficient (Wildman–Crippen LogP) is 4.03. The van der Waals surface area contributed by atoms with E-state index in [-0.39, 0.29) is 11.9 Å². The number of carbonyl (C=O) groups excluding carboxylic acids is 1. The molecule has 0 saturated carbocycles. The Morgan fingerprint density at radius 3 is 2.50 bits per heavy atom. The Bertz CT molecular complexity index is 421. The van der Waals surface area contributed by atoms with E-state index in [1.54, 1.807) is 0 Å². The van der Waals surface area contributed by atoms with E-state index in [9.17, 15) is 4.79 Å². The molecule has 0 N–H and O–H groups in total. The molecule has 0 bridgehead atoms. The maximum absolute atomic E-state index is 11.3. The highest BCUT2D eigenvalue weighted by atomic mass is 35.5. The third kappa shape index (κ3) is 4.19. The number of allylic oxidation sites excluding steroid dienone is 1. The maximum atomic E-state index is 11.3. The first kappa shape index (κ1) is 14.8. The monoisotopic (exact) mass is 266 g/mol. The first-order valence-corrected chi connectivity index (χ1v) is 6.45. The van der Waals surface area contributed by atoms with E-state index in [1.807, 2.05) is 44.2 Å². The molecule has 0 saturated heterocycles. The molecule has 0 heterocycles. The zero-order chi connectivity index (χ0) is 13.5. The van der Waals surface area contributed by atoms with Gasteiger partial charge in [0.15, 0.2) is 0 Å². The molecule has 1 atom stereocenters. The molecule has 0 fully saturated rings. The SMILES string of the molecule is C/C=C(/Cl)c1ccc(CCC(C)C(=O)OC)cc1. The van der Waals surface area contributed by atoms with Crippen molar-refractivity contribution in [2.24, 2.45) is 5.92 Å². The molecule has 0 spiro atoms. The summed E-state index contributed by atoms with van der Waals surface area (Å²) < 4.78 is 4.70. The highest BCUT2D eigenvalue weighted by molar-refractivity contribution is 6.48. The van der Waals surface area contributed by atoms with E-state index in [0.717, 1.165) is 23.4 Å². The Labute approximate surface area is 114 Å². The Morgan fingerprint density at radius 1 is 1.39 bits per heavy atom. The summed E-state index contributed by atoms with van der Waals surface area (Å²) in [7, 11) is 1.42. The van der Waals surface area contributed by atoms with Crippen LogP contribution in [0.25, 0.3) is 5.03 Å². The highest BCUT2D eigenvalue weighted by Crippen LogP contribution is 2.20. The smallest absolute Gasteiger partial charge is 0.308 e. The molecule has 0 aliphatic rings. The topological polar surface area (TPSA) is 26.3 Å². The molecule has 1 unspecified atom stereocenters. The molecule has 0 aliphatic carbocycles. The quantitative estimate of drug-likeness (QED) is 0.752. The lowest BCUT2D eigenvalue weighted by molar-refractivity contribution is -0.145. The largest absolute Gasteiger partial charge is 0.469 e. The van der Waals surface area contributed by atoms with Crippen LogP contribution >= 0.6 is 11.6 Å². The normalized spacial score (nSPS) is 13.2. The Hall–Kier alpha value is -1.28. The van der Waals surface area contributed by atoms with Crippen molar-refractivity contribution >= 4 is 22.6 Å². The minimum Gasteiger partial charge on any atom is -0.469 e. The van der Waals surface area contributed by atoms with Crippen molar-refractivity contribution < 1.29 is 9.53 Å². The van der Waals surface area contributed by atoms with Crippen molar-refractivity contribution in [2.75, 3.05) is 7.11 Å². The van der Waals surface area contributed by atoms with E-state index in [2.05, 4.69) is 0 Å². The van der Waals surface area contributed by atoms with Gasteiger partial charge in [-0.2, -0.15) is 0 Å². The van der Waals surface area contributed by atoms with Crippen molar-refractivity contribution in [3.05, 3.63) is 41.5 Å². The molecule has 0 radical (unpaired) electrons. The summed E-state index contributed by atoms with van der Waals surface area (Å²) in [5.41, 5.74) is 2.22. The summed E-state index contributed by atoms with van der Waals surface area (Å²) in [4.78, 5) is 11.3. The molecule has 3 heteroatoms. The van der Waals surface area contributed by atoms with Crippen molar-refractivity contribution in [2.45, 2.75) is 26.7 Å². The Morgan fingerprint density at radius 2 is 2.00 bits per heavy atom. The zero-order valence-corrected chi connectivity index (χ0v) is 11.8. The van der Waals surface area contributed by atoms with Gasteiger partial charge in [-0.05, 0) is 30.9 Å². The number of carbonyl (C=O) groups is 1. The van der Waals surface area contributed by atoms with Crippen LogP contribution < -0.4 is 0 Å². The third-order valence-corrected chi connectivity index (χ3v) is 3.39. The van der Waals surface area contributed by atoms with E-state index < -0.39 is 0 Å². The van der Waals surface area contributed by atoms with Gasteiger partial charge in [0.25, 0.3) is 0 Å². The summed E-state index contributed by atoms with van der Waals surface area (Å²) in [5, 5.41) is 0.754. The Balaban J connectivity index is 2.57. The second-order valence-corrected chi connectivity index (χ2v) is 4.70. The van der Waals surface area contributed by atoms with Crippen LogP contribution in [-0.2, 0) is 16.0 Å². The molecule has 1 rings (SSSR count). The summed E-state index contributed by atoms with van der Waals surface area (Å²) in [6.07, 6.45) is 3.53. The van der Waals surface area contributed by atoms with Gasteiger partial charge >= 0.3 is 5.97 Å². The van der Waals surface area contributed by atoms with Gasteiger partial charge in [0.2, 0.25) is 0 Å². The van der Waals surface area contributed by atoms with Crippen LogP contribution in [0.4, 0.5) is 0 Å². The van der Waals surface area contributed by atoms with E-state index in [0.29, 0.717) is 0 Å². The molecule has 98 valence electrons. The van der Waals surface area contributed by atoms with Crippen LogP contribution in [0.1, 0.15) is 31.4 Å². The minimum atomic E-state index is -0.149. The van der Waals surface area contributed by atoms with Crippen LogP contribution in [-0.4, -0.2) is 13.1 Å². The van der Waals surface area contributed by atoms with Gasteiger partial charge in [0.05, 0.1) is 13.0 Å². The number of halogens is 1. The molecule has 18 heavy (non-hydrogen) atoms. The lowest BCUT2D eigenvalue weighted by Crippen LogP contribution is -2.13. The standard InChI is InChI=1S/C15H19ClO2/c1-4-14(16)13-9-7-12(8-10-13)6-5-11(2)15(17)18-3/h4,7-11H,5-6H2,1-3H3/b14-4+. The van der Waals surface area contributed by atoms with Crippen molar-refractivity contribution in [3.8, 4) is 0 Å². The number of rotatable bonds is 5. The van der Waals surface area contributed by atoms with Crippen LogP contribution in [0.5, 0.6) is 0 Å². The van der Waals surface area contributed by atoms with Gasteiger partial charge in [-0.1, -0.05) is 48.9 Å². The van der Waals surface area contributed by atoms with Crippen LogP contribution in [0.2, 0.25) is 0 Å². The maximum Gasteiger partial charge on any atom is 0.308 e. The fourth-order valence-electron chi connectivity index (χ4n) is 1.70. The van der Waals surface area contributed by atoms with Gasteiger partial charge in [-0.3, -0.25) is 4.79 Å². The molecule has 0 aromatic heterocycles. The lowest BCUT2D eigenvalue weighted by atomic mass is 10.0. The summed E-state index contributed by atoms with van der Waals surface area (Å²) >= 11 is 6.03. The molecular weight excluding hydrogens is 248 g/mol. The summed E-state index contributed by atoms with van der Waals surface area (Å²) in [6, 6.07) is 8.09. The number of hydrogen-bond acceptors (Lipinski definition) is 2. The molecule has 1 aromatic carbocycles. The van der Waals surface area contributed by atoms with Gasteiger partial charge in [-0.15, -0.1) is 0 Å². The fourth-order valence-corrected chi connectivity index (χ4v) is 1.83. The van der Waals surface area contributed by atoms with Gasteiger partial charge in [0, 0.05) is 5.03 Å². The van der Waals surface area contributed by atoms with Crippen LogP contribution in [0.15, 0.2) is 30.3 Å². The van der Waals surface area contributed by atoms with Crippen molar-refractivity contribution in [3.63, 3.8) is 0 Å². The first-order chi connectivity index (χ1) is 8.58. The molecule has 0 aliphatic heterocycles. The summed E-state index contributed by atoms with van der Waals surface area (Å²) in [5.74, 6) is -0.211. The van der Waals surface area contributed by atoms with E-state index >= 15 is 0 Å². The molecular formula is C15H19ClO2. The van der Waals surface area contributed by atoms with Gasteiger partial charge < -0.3 is 4.74 Å². The zero-order valence-electron chi connectivity index (χ0n) is 11.1. The lowest BCUT2D eigenvalue weighted by Gasteiger charge is -2.09. The second-order valence-electron chi connectivity index (χ2n) is 4.30. The molecule has 2 nitrogen and oxygen atoms in total. The van der Waals surface area contributed by atoms with Crippen molar-refractivity contribution in [1.29, 1.82) is 0 Å². The molecule has 1 aromatic rings. The fraction of sp³-hybridized carbons (Fsp3) is 0.400. The number of hydrogen-bond donors (Lipinski definition) is 0. The van der Waals surface area contributed by atoms with Gasteiger partial charge in [0.1, 0.15) is 0 Å². The second kappa shape index (κ2) is 7.22. The average molecular weight is 267 g/mol. The van der Waals surface area contributed by atoms with Crippen molar-refractivity contribution in [1.82, 2.24) is 0 Å². The van der Waals surface area contributed by atoms with Crippen LogP contribution in [0.3, 0.4) is 0 Å². The Kier molecular flexibility index (Phi) is 5.93. The van der Waals surface area contributed by atoms with Crippen LogP contribution in [0, 0.1) is 5.92 Å². The predicted molar refractivity (Wildman–Crippen MR) is 75.4 cm³/mol. The minimum absolute atomic E-state index is 0.0613. The first-order valence-electron chi connectivity index (χ1n) is 6.07. The number of ether oxygens (including phenoxy) is 1. The average Bonchev–Trinajstić information content (AvgIpc) is 2.43. The van der Waals surface area contributed by atoms with E-state index in [4.69, 9.17) is 16.3 Å². The summed E-state index contributed by atoms with van der Waals surface area (Å²) in [6.45, 7) is 3.80. The highest BCUT2D eigenvalue weighted by Gasteiger charge is 2.12. The number of aryl methyl sites for hydroxylation is 1. The number of esters is 1. The van der Waals surface area contributed by atoms with E-state index in [1.165, 1.54) is 12.7 Å². The third-order valence-electron chi connectivity index (χ3n) is 2.95. The van der Waals surface area contributed by atoms with Gasteiger partial charge in [-0.25, -0.2) is 0 Å². The molecule has 0 amide bonds. The number of methoxy groups -OCH3 is 1. The number of benzene rings is 1.